The molecule has 0 aromatic carbocycles. The summed E-state index contributed by atoms with van der Waals surface area (Å²) in [4.78, 5) is 11.2. The second-order valence-electron chi connectivity index (χ2n) is 2.31. The molecule has 0 aromatic heterocycles. The second kappa shape index (κ2) is 6.56. The summed E-state index contributed by atoms with van der Waals surface area (Å²) in [5, 5.41) is 32.7. The van der Waals surface area contributed by atoms with E-state index in [2.05, 4.69) is 4.74 Å². The fourth-order valence-corrected chi connectivity index (χ4v) is 0.790. The molecule has 0 aliphatic rings. The quantitative estimate of drug-likeness (QED) is 0.242. The minimum Gasteiger partial charge on any atom is -0.462 e. The van der Waals surface area contributed by atoms with Gasteiger partial charge in [-0.15, -0.1) is 0 Å². The van der Waals surface area contributed by atoms with Gasteiger partial charge in [0, 0.05) is 0 Å². The summed E-state index contributed by atoms with van der Waals surface area (Å²) in [6, 6.07) is 4.48. The van der Waals surface area contributed by atoms with Crippen molar-refractivity contribution in [2.24, 2.45) is 0 Å². The third-order valence-electron chi connectivity index (χ3n) is 1.44. The van der Waals surface area contributed by atoms with Crippen LogP contribution in [0.1, 0.15) is 6.92 Å². The van der Waals surface area contributed by atoms with E-state index in [9.17, 15) is 4.79 Å². The summed E-state index contributed by atoms with van der Waals surface area (Å²) >= 11 is 0. The van der Waals surface area contributed by atoms with Crippen molar-refractivity contribution in [2.75, 3.05) is 6.61 Å². The zero-order valence-corrected chi connectivity index (χ0v) is 8.37. The molecular formula is C10H6N4O2. The lowest BCUT2D eigenvalue weighted by atomic mass is 10.0. The van der Waals surface area contributed by atoms with Crippen LogP contribution in [-0.2, 0) is 9.53 Å². The summed E-state index contributed by atoms with van der Waals surface area (Å²) in [6.45, 7) is 1.58. The van der Waals surface area contributed by atoms with Gasteiger partial charge in [-0.3, -0.25) is 5.41 Å². The van der Waals surface area contributed by atoms with Crippen LogP contribution in [0.3, 0.4) is 0 Å². The third kappa shape index (κ3) is 2.82. The van der Waals surface area contributed by atoms with Crippen LogP contribution >= 0.6 is 0 Å². The first-order valence-electron chi connectivity index (χ1n) is 4.07. The average molecular weight is 214 g/mol. The van der Waals surface area contributed by atoms with Gasteiger partial charge < -0.3 is 4.74 Å². The lowest BCUT2D eigenvalue weighted by molar-refractivity contribution is -0.138. The highest BCUT2D eigenvalue weighted by Gasteiger charge is 2.19. The van der Waals surface area contributed by atoms with Crippen molar-refractivity contribution in [3.05, 3.63) is 16.7 Å². The number of hydrogen-bond donors (Lipinski definition) is 1. The Labute approximate surface area is 91.8 Å². The van der Waals surface area contributed by atoms with Crippen molar-refractivity contribution in [1.82, 2.24) is 0 Å². The molecule has 0 spiro atoms. The van der Waals surface area contributed by atoms with E-state index in [4.69, 9.17) is 21.2 Å². The number of nitrogens with one attached hydrogen (secondary N) is 1. The molecule has 0 aromatic rings. The number of rotatable bonds is 3. The Morgan fingerprint density at radius 1 is 1.19 bits per heavy atom. The van der Waals surface area contributed by atoms with E-state index >= 15 is 0 Å². The van der Waals surface area contributed by atoms with Crippen LogP contribution in [0.2, 0.25) is 0 Å². The van der Waals surface area contributed by atoms with Gasteiger partial charge in [-0.05, 0) is 12.8 Å². The zero-order chi connectivity index (χ0) is 12.6. The number of ether oxygens (including phenoxy) is 1. The Morgan fingerprint density at radius 3 is 2.06 bits per heavy atom. The van der Waals surface area contributed by atoms with E-state index in [1.165, 1.54) is 25.1 Å². The van der Waals surface area contributed by atoms with Crippen LogP contribution in [0.25, 0.3) is 0 Å². The van der Waals surface area contributed by atoms with E-state index in [0.29, 0.717) is 0 Å². The molecule has 0 atom stereocenters. The van der Waals surface area contributed by atoms with Crippen LogP contribution in [0.5, 0.6) is 0 Å². The number of esters is 1. The Morgan fingerprint density at radius 2 is 1.75 bits per heavy atom. The molecule has 0 saturated carbocycles. The Bertz CT molecular complexity index is 504. The van der Waals surface area contributed by atoms with E-state index < -0.39 is 22.7 Å². The minimum atomic E-state index is -0.996. The van der Waals surface area contributed by atoms with Crippen molar-refractivity contribution in [3.63, 3.8) is 0 Å². The molecule has 78 valence electrons. The van der Waals surface area contributed by atoms with E-state index in [1.54, 1.807) is 5.87 Å². The van der Waals surface area contributed by atoms with Gasteiger partial charge >= 0.3 is 5.97 Å². The molecule has 0 amide bonds. The number of allylic oxidation sites excluding steroid dienone is 2. The molecule has 0 bridgehead atoms. The first-order valence-corrected chi connectivity index (χ1v) is 4.07. The van der Waals surface area contributed by atoms with Gasteiger partial charge in [-0.1, -0.05) is 0 Å². The maximum absolute atomic E-state index is 11.2. The largest absolute Gasteiger partial charge is 0.462 e. The number of hydrogen-bond acceptors (Lipinski definition) is 6. The normalized spacial score (nSPS) is 9.62. The highest BCUT2D eigenvalue weighted by Crippen LogP contribution is 2.12. The monoisotopic (exact) mass is 214 g/mol. The zero-order valence-electron chi connectivity index (χ0n) is 8.37. The second-order valence-corrected chi connectivity index (χ2v) is 2.31. The number of carbonyl (C=O) groups is 1. The molecule has 0 heterocycles. The molecule has 6 nitrogen and oxygen atoms in total. The number of nitriles is 3. The Balaban J connectivity index is 5.73. The molecule has 0 aliphatic carbocycles. The average Bonchev–Trinajstić information content (AvgIpc) is 2.29. The van der Waals surface area contributed by atoms with Gasteiger partial charge in [0.25, 0.3) is 0 Å². The molecule has 0 saturated heterocycles. The fraction of sp³-hybridized carbons (Fsp3) is 0.200. The van der Waals surface area contributed by atoms with Gasteiger partial charge in [-0.2, -0.15) is 15.8 Å². The van der Waals surface area contributed by atoms with Crippen molar-refractivity contribution in [1.29, 1.82) is 21.2 Å². The standard InChI is InChI=1S/C10H6N4O2/c1-2-16-10(15)9(6-14)8(5-13)7(3-11)4-12/h11H,2H2,1H3/b9-8+. The van der Waals surface area contributed by atoms with Crippen LogP contribution in [0, 0.1) is 39.4 Å². The van der Waals surface area contributed by atoms with Crippen molar-refractivity contribution in [3.8, 4) is 18.2 Å². The van der Waals surface area contributed by atoms with Crippen LogP contribution in [-0.4, -0.2) is 18.4 Å². The first kappa shape index (κ1) is 13.1. The predicted octanol–water partition coefficient (Wildman–Crippen LogP) is 0.592. The Hall–Kier alpha value is -2.87. The van der Waals surface area contributed by atoms with Gasteiger partial charge in [0.1, 0.15) is 29.4 Å². The van der Waals surface area contributed by atoms with E-state index in [0.717, 1.165) is 0 Å². The molecule has 1 N–H and O–H groups in total. The van der Waals surface area contributed by atoms with Gasteiger partial charge in [0.2, 0.25) is 0 Å². The minimum absolute atomic E-state index is 0.0406. The summed E-state index contributed by atoms with van der Waals surface area (Å²) in [6.07, 6.45) is 0. The Kier molecular flexibility index (Phi) is 5.39. The fourth-order valence-electron chi connectivity index (χ4n) is 0.790. The number of nitrogens with zero attached hydrogens (tertiary/aromatic N) is 3. The molecule has 0 rings (SSSR count). The molecule has 0 radical (unpaired) electrons. The third-order valence-corrected chi connectivity index (χ3v) is 1.44. The summed E-state index contributed by atoms with van der Waals surface area (Å²) < 4.78 is 4.53. The van der Waals surface area contributed by atoms with Crippen molar-refractivity contribution in [2.45, 2.75) is 6.92 Å². The summed E-state index contributed by atoms with van der Waals surface area (Å²) in [5.41, 5.74) is -1.58. The maximum Gasteiger partial charge on any atom is 0.350 e. The van der Waals surface area contributed by atoms with E-state index in [1.807, 2.05) is 0 Å². The summed E-state index contributed by atoms with van der Waals surface area (Å²) in [5.74, 6) is 0.685. The van der Waals surface area contributed by atoms with E-state index in [-0.39, 0.29) is 6.61 Å². The van der Waals surface area contributed by atoms with Crippen molar-refractivity contribution >= 4 is 11.8 Å². The highest BCUT2D eigenvalue weighted by molar-refractivity contribution is 5.97. The SMILES string of the molecule is CCOC(=O)/C(C#N)=C(\C#N)C(=C=N)C#N. The van der Waals surface area contributed by atoms with Crippen molar-refractivity contribution < 1.29 is 9.53 Å². The lowest BCUT2D eigenvalue weighted by Gasteiger charge is -2.00. The van der Waals surface area contributed by atoms with Gasteiger partial charge in [0.05, 0.1) is 6.61 Å². The number of carbonyl (C=O) groups excluding carboxylic acids is 1. The molecule has 6 heteroatoms. The highest BCUT2D eigenvalue weighted by atomic mass is 16.5. The topological polar surface area (TPSA) is 122 Å². The summed E-state index contributed by atoms with van der Waals surface area (Å²) in [7, 11) is 0. The molecular weight excluding hydrogens is 208 g/mol. The first-order chi connectivity index (χ1) is 7.65. The van der Waals surface area contributed by atoms with Gasteiger partial charge in [-0.25, -0.2) is 4.79 Å². The molecule has 16 heavy (non-hydrogen) atoms. The molecule has 0 fully saturated rings. The van der Waals surface area contributed by atoms with Crippen LogP contribution < -0.4 is 0 Å². The van der Waals surface area contributed by atoms with Gasteiger partial charge in [0.15, 0.2) is 5.57 Å². The maximum atomic E-state index is 11.2. The molecule has 0 unspecified atom stereocenters. The van der Waals surface area contributed by atoms with Crippen LogP contribution in [0.15, 0.2) is 16.7 Å². The molecule has 0 aliphatic heterocycles. The lowest BCUT2D eigenvalue weighted by Crippen LogP contribution is -2.09. The smallest absolute Gasteiger partial charge is 0.350 e. The van der Waals surface area contributed by atoms with Crippen LogP contribution in [0.4, 0.5) is 0 Å². The predicted molar refractivity (Wildman–Crippen MR) is 51.7 cm³/mol.